The quantitative estimate of drug-likeness (QED) is 0.506. The van der Waals surface area contributed by atoms with Crippen LogP contribution in [0.4, 0.5) is 0 Å². The molecule has 7 nitrogen and oxygen atoms in total. The van der Waals surface area contributed by atoms with Gasteiger partial charge >= 0.3 is 0 Å². The number of aliphatic hydroxyl groups excluding tert-OH is 1. The number of rotatable bonds is 7. The van der Waals surface area contributed by atoms with Crippen LogP contribution in [-0.2, 0) is 20.9 Å². The van der Waals surface area contributed by atoms with Crippen molar-refractivity contribution >= 4 is 29.5 Å². The lowest BCUT2D eigenvalue weighted by Crippen LogP contribution is -2.59. The number of likely N-dealkylation sites (tertiary alicyclic amines) is 1. The van der Waals surface area contributed by atoms with E-state index in [9.17, 15) is 19.5 Å². The molecule has 3 amide bonds. The molecule has 2 aromatic rings. The Kier molecular flexibility index (Phi) is 7.07. The van der Waals surface area contributed by atoms with Gasteiger partial charge in [-0.25, -0.2) is 0 Å². The molecule has 0 aromatic heterocycles. The van der Waals surface area contributed by atoms with E-state index in [1.165, 1.54) is 0 Å². The van der Waals surface area contributed by atoms with Crippen molar-refractivity contribution in [1.82, 2.24) is 15.5 Å². The Hall–Kier alpha value is -2.84. The Morgan fingerprint density at radius 3 is 2.32 bits per heavy atom. The van der Waals surface area contributed by atoms with E-state index in [-0.39, 0.29) is 35.5 Å². The van der Waals surface area contributed by atoms with Crippen molar-refractivity contribution < 1.29 is 19.5 Å². The van der Waals surface area contributed by atoms with Crippen LogP contribution >= 0.6 is 11.8 Å². The van der Waals surface area contributed by atoms with E-state index >= 15 is 0 Å². The Morgan fingerprint density at radius 1 is 1.08 bits per heavy atom. The first-order valence-corrected chi connectivity index (χ1v) is 14.3. The van der Waals surface area contributed by atoms with Gasteiger partial charge in [-0.2, -0.15) is 0 Å². The van der Waals surface area contributed by atoms with E-state index in [2.05, 4.69) is 17.6 Å². The van der Waals surface area contributed by atoms with Gasteiger partial charge < -0.3 is 20.6 Å². The van der Waals surface area contributed by atoms with Crippen LogP contribution in [0, 0.1) is 17.8 Å². The zero-order valence-corrected chi connectivity index (χ0v) is 23.2. The van der Waals surface area contributed by atoms with Gasteiger partial charge in [0, 0.05) is 17.3 Å². The van der Waals surface area contributed by atoms with Gasteiger partial charge in [-0.1, -0.05) is 67.6 Å². The summed E-state index contributed by atoms with van der Waals surface area (Å²) < 4.78 is -0.742. The van der Waals surface area contributed by atoms with Crippen LogP contribution in [0.1, 0.15) is 51.3 Å². The molecule has 3 aliphatic heterocycles. The standard InChI is InChI=1S/C30H37N3O4S/c1-18-15-22-23(26(35)31-16-19-11-7-5-8-12-19)24-28(37)33(21(17-34)20-13-9-6-10-14-20)25(30(18,24)38-22)27(36)32-29(2,3)4/h5-14,18,21-25,34H,15-17H2,1-4H3,(H,31,35)(H,32,36)/t18?,21-,22+,23-,24+,25?,30?/m1/s1. The number of carbonyl (C=O) groups is 3. The smallest absolute Gasteiger partial charge is 0.244 e. The summed E-state index contributed by atoms with van der Waals surface area (Å²) in [6, 6.07) is 17.6. The molecule has 0 aliphatic carbocycles. The number of aliphatic hydroxyl groups is 1. The molecule has 8 heteroatoms. The summed E-state index contributed by atoms with van der Waals surface area (Å²) in [6.45, 7) is 7.94. The number of hydrogen-bond donors (Lipinski definition) is 3. The number of nitrogens with one attached hydrogen (secondary N) is 2. The molecular weight excluding hydrogens is 498 g/mol. The second-order valence-corrected chi connectivity index (χ2v) is 13.4. The van der Waals surface area contributed by atoms with Gasteiger partial charge in [0.2, 0.25) is 17.7 Å². The molecule has 0 radical (unpaired) electrons. The molecule has 3 unspecified atom stereocenters. The minimum absolute atomic E-state index is 0.0360. The lowest BCUT2D eigenvalue weighted by molar-refractivity contribution is -0.143. The van der Waals surface area contributed by atoms with Crippen LogP contribution in [0.5, 0.6) is 0 Å². The molecule has 3 saturated heterocycles. The topological polar surface area (TPSA) is 98.7 Å². The highest BCUT2D eigenvalue weighted by Crippen LogP contribution is 2.69. The molecule has 2 aromatic carbocycles. The van der Waals surface area contributed by atoms with Gasteiger partial charge in [0.1, 0.15) is 6.04 Å². The second-order valence-electron chi connectivity index (χ2n) is 11.8. The van der Waals surface area contributed by atoms with E-state index in [1.807, 2.05) is 81.4 Å². The Morgan fingerprint density at radius 2 is 1.71 bits per heavy atom. The molecule has 7 atom stereocenters. The Bertz CT molecular complexity index is 1200. The minimum atomic E-state index is -0.798. The highest BCUT2D eigenvalue weighted by atomic mass is 32.2. The molecule has 0 saturated carbocycles. The van der Waals surface area contributed by atoms with Gasteiger partial charge in [0.05, 0.1) is 29.2 Å². The summed E-state index contributed by atoms with van der Waals surface area (Å²) in [5.74, 6) is -1.70. The zero-order valence-electron chi connectivity index (χ0n) is 22.4. The lowest BCUT2D eigenvalue weighted by atomic mass is 9.65. The van der Waals surface area contributed by atoms with Crippen LogP contribution in [0.2, 0.25) is 0 Å². The number of carbonyl (C=O) groups excluding carboxylic acids is 3. The molecular formula is C30H37N3O4S. The third-order valence-corrected chi connectivity index (χ3v) is 10.3. The SMILES string of the molecule is CC1C[C@@H]2SC13C(C(=O)NC(C)(C)C)N([C@H](CO)c1ccccc1)C(=O)[C@@H]3[C@@H]2C(=O)NCc1ccccc1. The summed E-state index contributed by atoms with van der Waals surface area (Å²) in [6.07, 6.45) is 0.764. The maximum atomic E-state index is 14.4. The third-order valence-electron chi connectivity index (χ3n) is 8.24. The minimum Gasteiger partial charge on any atom is -0.394 e. The largest absolute Gasteiger partial charge is 0.394 e. The van der Waals surface area contributed by atoms with Gasteiger partial charge in [-0.05, 0) is 44.2 Å². The molecule has 3 fully saturated rings. The lowest BCUT2D eigenvalue weighted by Gasteiger charge is -2.41. The van der Waals surface area contributed by atoms with Crippen molar-refractivity contribution in [3.05, 3.63) is 71.8 Å². The summed E-state index contributed by atoms with van der Waals surface area (Å²) >= 11 is 1.64. The van der Waals surface area contributed by atoms with Gasteiger partial charge in [0.15, 0.2) is 0 Å². The van der Waals surface area contributed by atoms with E-state index in [0.29, 0.717) is 6.54 Å². The van der Waals surface area contributed by atoms with E-state index < -0.39 is 34.2 Å². The molecule has 3 N–H and O–H groups in total. The van der Waals surface area contributed by atoms with Crippen LogP contribution < -0.4 is 10.6 Å². The monoisotopic (exact) mass is 535 g/mol. The second kappa shape index (κ2) is 10.0. The van der Waals surface area contributed by atoms with E-state index in [0.717, 1.165) is 17.5 Å². The van der Waals surface area contributed by atoms with Crippen molar-refractivity contribution in [2.45, 2.75) is 68.3 Å². The molecule has 2 bridgehead atoms. The van der Waals surface area contributed by atoms with Crippen LogP contribution in [0.15, 0.2) is 60.7 Å². The van der Waals surface area contributed by atoms with Crippen molar-refractivity contribution in [3.63, 3.8) is 0 Å². The van der Waals surface area contributed by atoms with E-state index in [4.69, 9.17) is 0 Å². The summed E-state index contributed by atoms with van der Waals surface area (Å²) in [7, 11) is 0. The number of nitrogens with zero attached hydrogens (tertiary/aromatic N) is 1. The predicted octanol–water partition coefficient (Wildman–Crippen LogP) is 3.29. The summed E-state index contributed by atoms with van der Waals surface area (Å²) in [4.78, 5) is 43.7. The highest BCUT2D eigenvalue weighted by Gasteiger charge is 2.76. The fraction of sp³-hybridized carbons (Fsp3) is 0.500. The van der Waals surface area contributed by atoms with Crippen LogP contribution in [0.3, 0.4) is 0 Å². The first kappa shape index (κ1) is 26.8. The first-order valence-electron chi connectivity index (χ1n) is 13.4. The van der Waals surface area contributed by atoms with Gasteiger partial charge in [-0.3, -0.25) is 14.4 Å². The molecule has 3 aliphatic rings. The Labute approximate surface area is 228 Å². The van der Waals surface area contributed by atoms with Crippen molar-refractivity contribution in [3.8, 4) is 0 Å². The predicted molar refractivity (Wildman–Crippen MR) is 148 cm³/mol. The normalized spacial score (nSPS) is 30.7. The number of benzene rings is 2. The van der Waals surface area contributed by atoms with Crippen LogP contribution in [0.25, 0.3) is 0 Å². The Balaban J connectivity index is 1.54. The van der Waals surface area contributed by atoms with E-state index in [1.54, 1.807) is 16.7 Å². The maximum Gasteiger partial charge on any atom is 0.244 e. The number of thioether (sulfide) groups is 1. The maximum absolute atomic E-state index is 14.4. The van der Waals surface area contributed by atoms with Gasteiger partial charge in [0.25, 0.3) is 0 Å². The fourth-order valence-electron chi connectivity index (χ4n) is 6.76. The summed E-state index contributed by atoms with van der Waals surface area (Å²) in [5.41, 5.74) is 1.26. The molecule has 5 rings (SSSR count). The third kappa shape index (κ3) is 4.41. The van der Waals surface area contributed by atoms with Gasteiger partial charge in [-0.15, -0.1) is 11.8 Å². The van der Waals surface area contributed by atoms with Crippen molar-refractivity contribution in [2.24, 2.45) is 17.8 Å². The van der Waals surface area contributed by atoms with Crippen molar-refractivity contribution in [1.29, 1.82) is 0 Å². The van der Waals surface area contributed by atoms with Crippen molar-refractivity contribution in [2.75, 3.05) is 6.61 Å². The molecule has 38 heavy (non-hydrogen) atoms. The fourth-order valence-corrected chi connectivity index (χ4v) is 9.17. The summed E-state index contributed by atoms with van der Waals surface area (Å²) in [5, 5.41) is 16.7. The molecule has 3 heterocycles. The number of hydrogen-bond acceptors (Lipinski definition) is 5. The highest BCUT2D eigenvalue weighted by molar-refractivity contribution is 8.02. The van der Waals surface area contributed by atoms with Crippen LogP contribution in [-0.4, -0.2) is 55.9 Å². The average molecular weight is 536 g/mol. The first-order chi connectivity index (χ1) is 18.1. The molecule has 1 spiro atoms. The molecule has 202 valence electrons. The average Bonchev–Trinajstić information content (AvgIpc) is 3.47. The number of amides is 3. The number of fused-ring (bicyclic) bond motifs is 1. The zero-order chi connectivity index (χ0) is 27.2.